The number of aliphatic carboxylic acids is 1. The van der Waals surface area contributed by atoms with Crippen molar-refractivity contribution in [2.75, 3.05) is 0 Å². The lowest BCUT2D eigenvalue weighted by atomic mass is 10.0. The summed E-state index contributed by atoms with van der Waals surface area (Å²) in [6.45, 7) is 1.85. The number of carbonyl (C=O) groups is 1. The largest absolute Gasteiger partial charge is 0.479 e. The summed E-state index contributed by atoms with van der Waals surface area (Å²) in [6, 6.07) is 6.39. The van der Waals surface area contributed by atoms with Crippen molar-refractivity contribution < 1.29 is 19.4 Å². The number of alkyl halides is 1. The van der Waals surface area contributed by atoms with Crippen molar-refractivity contribution >= 4 is 5.97 Å². The van der Waals surface area contributed by atoms with Crippen molar-refractivity contribution in [3.05, 3.63) is 35.4 Å². The molecular weight excluding hydrogens is 187 g/mol. The fourth-order valence-electron chi connectivity index (χ4n) is 1.07. The van der Waals surface area contributed by atoms with Crippen LogP contribution in [0.25, 0.3) is 0 Å². The molecule has 2 unspecified atom stereocenters. The van der Waals surface area contributed by atoms with Crippen LogP contribution in [0.4, 0.5) is 4.39 Å². The van der Waals surface area contributed by atoms with Crippen LogP contribution in [-0.2, 0) is 4.79 Å². The van der Waals surface area contributed by atoms with Crippen LogP contribution in [0.2, 0.25) is 0 Å². The van der Waals surface area contributed by atoms with Crippen LogP contribution >= 0.6 is 0 Å². The highest BCUT2D eigenvalue weighted by Gasteiger charge is 2.26. The molecule has 3 nitrogen and oxygen atoms in total. The SMILES string of the molecule is Cc1ccc(C(O)C(F)C(=O)O)cc1. The lowest BCUT2D eigenvalue weighted by Crippen LogP contribution is -2.23. The first kappa shape index (κ1) is 10.7. The Labute approximate surface area is 80.8 Å². The number of hydrogen-bond donors (Lipinski definition) is 2. The van der Waals surface area contributed by atoms with Gasteiger partial charge in [0, 0.05) is 0 Å². The molecule has 0 radical (unpaired) electrons. The minimum absolute atomic E-state index is 0.269. The fourth-order valence-corrected chi connectivity index (χ4v) is 1.07. The van der Waals surface area contributed by atoms with Gasteiger partial charge < -0.3 is 10.2 Å². The third-order valence-corrected chi connectivity index (χ3v) is 1.93. The average molecular weight is 198 g/mol. The summed E-state index contributed by atoms with van der Waals surface area (Å²) in [5.74, 6) is -1.65. The van der Waals surface area contributed by atoms with Crippen LogP contribution in [0.1, 0.15) is 17.2 Å². The molecule has 14 heavy (non-hydrogen) atoms. The van der Waals surface area contributed by atoms with Crippen molar-refractivity contribution in [1.82, 2.24) is 0 Å². The number of carboxylic acids is 1. The van der Waals surface area contributed by atoms with Gasteiger partial charge in [0.15, 0.2) is 0 Å². The van der Waals surface area contributed by atoms with Gasteiger partial charge in [0.1, 0.15) is 6.10 Å². The van der Waals surface area contributed by atoms with Gasteiger partial charge in [-0.2, -0.15) is 0 Å². The maximum absolute atomic E-state index is 12.9. The van der Waals surface area contributed by atoms with Gasteiger partial charge >= 0.3 is 5.97 Å². The third kappa shape index (κ3) is 2.29. The van der Waals surface area contributed by atoms with E-state index in [1.807, 2.05) is 6.92 Å². The van der Waals surface area contributed by atoms with E-state index in [4.69, 9.17) is 5.11 Å². The molecule has 2 atom stereocenters. The summed E-state index contributed by atoms with van der Waals surface area (Å²) < 4.78 is 12.9. The second-order valence-electron chi connectivity index (χ2n) is 3.10. The van der Waals surface area contributed by atoms with Crippen molar-refractivity contribution in [2.24, 2.45) is 0 Å². The van der Waals surface area contributed by atoms with Crippen LogP contribution in [-0.4, -0.2) is 22.4 Å². The fraction of sp³-hybridized carbons (Fsp3) is 0.300. The second kappa shape index (κ2) is 4.19. The molecule has 1 aromatic rings. The Kier molecular flexibility index (Phi) is 3.19. The first-order chi connectivity index (χ1) is 6.52. The number of aliphatic hydroxyl groups excluding tert-OH is 1. The van der Waals surface area contributed by atoms with Gasteiger partial charge in [0.2, 0.25) is 6.17 Å². The van der Waals surface area contributed by atoms with E-state index >= 15 is 0 Å². The van der Waals surface area contributed by atoms with E-state index < -0.39 is 18.2 Å². The van der Waals surface area contributed by atoms with Crippen LogP contribution in [0.15, 0.2) is 24.3 Å². The number of benzene rings is 1. The van der Waals surface area contributed by atoms with Gasteiger partial charge in [-0.05, 0) is 12.5 Å². The molecule has 4 heteroatoms. The Hall–Kier alpha value is -1.42. The van der Waals surface area contributed by atoms with Gasteiger partial charge in [-0.15, -0.1) is 0 Å². The molecule has 0 fully saturated rings. The molecule has 0 bridgehead atoms. The minimum atomic E-state index is -2.28. The smallest absolute Gasteiger partial charge is 0.341 e. The Morgan fingerprint density at radius 2 is 1.86 bits per heavy atom. The molecule has 0 spiro atoms. The Morgan fingerprint density at radius 1 is 1.36 bits per heavy atom. The van der Waals surface area contributed by atoms with Gasteiger partial charge in [0.25, 0.3) is 0 Å². The summed E-state index contributed by atoms with van der Waals surface area (Å²) in [5, 5.41) is 17.6. The highest BCUT2D eigenvalue weighted by molar-refractivity contribution is 5.73. The zero-order chi connectivity index (χ0) is 10.7. The normalized spacial score (nSPS) is 14.8. The molecule has 2 N–H and O–H groups in total. The zero-order valence-electron chi connectivity index (χ0n) is 7.64. The Balaban J connectivity index is 2.84. The summed E-state index contributed by atoms with van der Waals surface area (Å²) in [4.78, 5) is 10.2. The summed E-state index contributed by atoms with van der Waals surface area (Å²) >= 11 is 0. The minimum Gasteiger partial charge on any atom is -0.479 e. The quantitative estimate of drug-likeness (QED) is 0.772. The molecule has 1 aromatic carbocycles. The van der Waals surface area contributed by atoms with E-state index in [0.717, 1.165) is 5.56 Å². The standard InChI is InChI=1S/C10H11FO3/c1-6-2-4-7(5-3-6)9(12)8(11)10(13)14/h2-5,8-9,12H,1H3,(H,13,14). The average Bonchev–Trinajstić information content (AvgIpc) is 2.16. The molecule has 0 heterocycles. The molecule has 0 amide bonds. The third-order valence-electron chi connectivity index (χ3n) is 1.93. The monoisotopic (exact) mass is 198 g/mol. The first-order valence-corrected chi connectivity index (χ1v) is 4.14. The van der Waals surface area contributed by atoms with E-state index in [0.29, 0.717) is 0 Å². The van der Waals surface area contributed by atoms with E-state index in [9.17, 15) is 14.3 Å². The highest BCUT2D eigenvalue weighted by Crippen LogP contribution is 2.19. The topological polar surface area (TPSA) is 57.5 Å². The predicted molar refractivity (Wildman–Crippen MR) is 48.7 cm³/mol. The van der Waals surface area contributed by atoms with Crippen molar-refractivity contribution in [1.29, 1.82) is 0 Å². The number of halogens is 1. The van der Waals surface area contributed by atoms with Gasteiger partial charge in [-0.25, -0.2) is 9.18 Å². The maximum atomic E-state index is 12.9. The van der Waals surface area contributed by atoms with Crippen molar-refractivity contribution in [3.8, 4) is 0 Å². The lowest BCUT2D eigenvalue weighted by molar-refractivity contribution is -0.147. The van der Waals surface area contributed by atoms with E-state index in [1.54, 1.807) is 12.1 Å². The zero-order valence-corrected chi connectivity index (χ0v) is 7.64. The number of carboxylic acid groups (broad SMARTS) is 1. The molecular formula is C10H11FO3. The van der Waals surface area contributed by atoms with Crippen molar-refractivity contribution in [2.45, 2.75) is 19.2 Å². The summed E-state index contributed by atoms with van der Waals surface area (Å²) in [6.07, 6.45) is -3.88. The van der Waals surface area contributed by atoms with Gasteiger partial charge in [0.05, 0.1) is 0 Å². The number of aliphatic hydroxyl groups is 1. The van der Waals surface area contributed by atoms with Gasteiger partial charge in [-0.1, -0.05) is 29.8 Å². The molecule has 0 aromatic heterocycles. The molecule has 0 saturated carbocycles. The summed E-state index contributed by atoms with van der Waals surface area (Å²) in [7, 11) is 0. The summed E-state index contributed by atoms with van der Waals surface area (Å²) in [5.41, 5.74) is 1.23. The predicted octanol–water partition coefficient (Wildman–Crippen LogP) is 1.45. The first-order valence-electron chi connectivity index (χ1n) is 4.14. The maximum Gasteiger partial charge on any atom is 0.341 e. The molecule has 0 aliphatic rings. The molecule has 0 aliphatic carbocycles. The van der Waals surface area contributed by atoms with Crippen LogP contribution in [0.5, 0.6) is 0 Å². The van der Waals surface area contributed by atoms with E-state index in [1.165, 1.54) is 12.1 Å². The van der Waals surface area contributed by atoms with Crippen LogP contribution in [0, 0.1) is 6.92 Å². The Morgan fingerprint density at radius 3 is 2.29 bits per heavy atom. The molecule has 1 rings (SSSR count). The molecule has 76 valence electrons. The highest BCUT2D eigenvalue weighted by atomic mass is 19.1. The second-order valence-corrected chi connectivity index (χ2v) is 3.10. The number of rotatable bonds is 3. The van der Waals surface area contributed by atoms with Crippen molar-refractivity contribution in [3.63, 3.8) is 0 Å². The van der Waals surface area contributed by atoms with E-state index in [-0.39, 0.29) is 5.56 Å². The molecule has 0 saturated heterocycles. The van der Waals surface area contributed by atoms with E-state index in [2.05, 4.69) is 0 Å². The molecule has 0 aliphatic heterocycles. The van der Waals surface area contributed by atoms with Gasteiger partial charge in [-0.3, -0.25) is 0 Å². The number of aryl methyl sites for hydroxylation is 1. The lowest BCUT2D eigenvalue weighted by Gasteiger charge is -2.12. The number of hydrogen-bond acceptors (Lipinski definition) is 2. The van der Waals surface area contributed by atoms with Crippen LogP contribution in [0.3, 0.4) is 0 Å². The van der Waals surface area contributed by atoms with Crippen LogP contribution < -0.4 is 0 Å². The Bertz CT molecular complexity index is 321.